The van der Waals surface area contributed by atoms with Gasteiger partial charge in [0.1, 0.15) is 5.75 Å². The van der Waals surface area contributed by atoms with Gasteiger partial charge in [0, 0.05) is 31.9 Å². The van der Waals surface area contributed by atoms with Gasteiger partial charge in [-0.3, -0.25) is 4.90 Å². The largest absolute Gasteiger partial charge is 0.494 e. The van der Waals surface area contributed by atoms with Crippen LogP contribution in [0.15, 0.2) is 24.3 Å². The molecule has 0 atom stereocenters. The SMILES string of the molecule is CCOc1ccc(N2CCN(CCCN)CC2)cc1. The fourth-order valence-electron chi connectivity index (χ4n) is 2.46. The summed E-state index contributed by atoms with van der Waals surface area (Å²) >= 11 is 0. The highest BCUT2D eigenvalue weighted by Crippen LogP contribution is 2.20. The van der Waals surface area contributed by atoms with E-state index in [0.717, 1.165) is 58.0 Å². The van der Waals surface area contributed by atoms with Crippen molar-refractivity contribution in [3.05, 3.63) is 24.3 Å². The summed E-state index contributed by atoms with van der Waals surface area (Å²) in [6, 6.07) is 8.42. The Labute approximate surface area is 116 Å². The highest BCUT2D eigenvalue weighted by molar-refractivity contribution is 5.49. The first-order valence-electron chi connectivity index (χ1n) is 7.23. The first-order chi connectivity index (χ1) is 9.33. The van der Waals surface area contributed by atoms with Crippen LogP contribution in [0.1, 0.15) is 13.3 Å². The lowest BCUT2D eigenvalue weighted by molar-refractivity contribution is 0.256. The molecule has 1 aromatic rings. The summed E-state index contributed by atoms with van der Waals surface area (Å²) in [5.41, 5.74) is 6.85. The molecule has 2 rings (SSSR count). The van der Waals surface area contributed by atoms with E-state index in [4.69, 9.17) is 10.5 Å². The van der Waals surface area contributed by atoms with Gasteiger partial charge in [-0.2, -0.15) is 0 Å². The van der Waals surface area contributed by atoms with Crippen molar-refractivity contribution in [1.29, 1.82) is 0 Å². The molecule has 0 bridgehead atoms. The molecule has 0 amide bonds. The van der Waals surface area contributed by atoms with Crippen molar-refractivity contribution >= 4 is 5.69 Å². The molecule has 2 N–H and O–H groups in total. The standard InChI is InChI=1S/C15H25N3O/c1-2-19-15-6-4-14(5-7-15)18-12-10-17(11-13-18)9-3-8-16/h4-7H,2-3,8-13,16H2,1H3. The number of rotatable bonds is 6. The Balaban J connectivity index is 1.83. The summed E-state index contributed by atoms with van der Waals surface area (Å²) in [4.78, 5) is 4.94. The minimum Gasteiger partial charge on any atom is -0.494 e. The predicted octanol–water partition coefficient (Wildman–Crippen LogP) is 1.56. The van der Waals surface area contributed by atoms with Crippen molar-refractivity contribution in [2.75, 3.05) is 50.8 Å². The van der Waals surface area contributed by atoms with Gasteiger partial charge in [-0.15, -0.1) is 0 Å². The second-order valence-electron chi connectivity index (χ2n) is 4.90. The Kier molecular flexibility index (Phi) is 5.48. The topological polar surface area (TPSA) is 41.7 Å². The second-order valence-corrected chi connectivity index (χ2v) is 4.90. The molecule has 4 nitrogen and oxygen atoms in total. The van der Waals surface area contributed by atoms with Crippen LogP contribution in [0, 0.1) is 0 Å². The molecule has 0 aromatic heterocycles. The van der Waals surface area contributed by atoms with Crippen molar-refractivity contribution in [1.82, 2.24) is 4.90 Å². The third-order valence-corrected chi connectivity index (χ3v) is 3.56. The van der Waals surface area contributed by atoms with Crippen LogP contribution in [-0.4, -0.2) is 50.8 Å². The minimum absolute atomic E-state index is 0.721. The number of hydrogen-bond donors (Lipinski definition) is 1. The van der Waals surface area contributed by atoms with E-state index in [0.29, 0.717) is 0 Å². The molecule has 0 saturated carbocycles. The monoisotopic (exact) mass is 263 g/mol. The van der Waals surface area contributed by atoms with Crippen molar-refractivity contribution in [2.24, 2.45) is 5.73 Å². The number of anilines is 1. The minimum atomic E-state index is 0.721. The summed E-state index contributed by atoms with van der Waals surface area (Å²) < 4.78 is 5.47. The van der Waals surface area contributed by atoms with Gasteiger partial charge in [-0.1, -0.05) is 0 Å². The molecule has 1 fully saturated rings. The van der Waals surface area contributed by atoms with Crippen LogP contribution >= 0.6 is 0 Å². The molecular formula is C15H25N3O. The summed E-state index contributed by atoms with van der Waals surface area (Å²) in [7, 11) is 0. The van der Waals surface area contributed by atoms with E-state index < -0.39 is 0 Å². The van der Waals surface area contributed by atoms with Gasteiger partial charge in [-0.25, -0.2) is 0 Å². The molecule has 0 aliphatic carbocycles. The number of nitrogens with zero attached hydrogens (tertiary/aromatic N) is 2. The second kappa shape index (κ2) is 7.36. The van der Waals surface area contributed by atoms with E-state index in [9.17, 15) is 0 Å². The van der Waals surface area contributed by atoms with Gasteiger partial charge >= 0.3 is 0 Å². The van der Waals surface area contributed by atoms with Crippen molar-refractivity contribution in [3.63, 3.8) is 0 Å². The highest BCUT2D eigenvalue weighted by atomic mass is 16.5. The van der Waals surface area contributed by atoms with Crippen LogP contribution in [0.4, 0.5) is 5.69 Å². The van der Waals surface area contributed by atoms with Gasteiger partial charge in [-0.05, 0) is 50.7 Å². The molecule has 106 valence electrons. The maximum Gasteiger partial charge on any atom is 0.119 e. The van der Waals surface area contributed by atoms with Crippen LogP contribution in [-0.2, 0) is 0 Å². The Bertz CT molecular complexity index is 358. The number of hydrogen-bond acceptors (Lipinski definition) is 4. The van der Waals surface area contributed by atoms with Gasteiger partial charge in [0.05, 0.1) is 6.61 Å². The predicted molar refractivity (Wildman–Crippen MR) is 79.9 cm³/mol. The average molecular weight is 263 g/mol. The zero-order valence-electron chi connectivity index (χ0n) is 11.8. The number of ether oxygens (including phenoxy) is 1. The third-order valence-electron chi connectivity index (χ3n) is 3.56. The fourth-order valence-corrected chi connectivity index (χ4v) is 2.46. The van der Waals surface area contributed by atoms with Crippen LogP contribution in [0.5, 0.6) is 5.75 Å². The summed E-state index contributed by atoms with van der Waals surface area (Å²) in [6.45, 7) is 9.11. The Morgan fingerprint density at radius 3 is 2.37 bits per heavy atom. The van der Waals surface area contributed by atoms with E-state index in [2.05, 4.69) is 34.1 Å². The van der Waals surface area contributed by atoms with Crippen molar-refractivity contribution < 1.29 is 4.74 Å². The fraction of sp³-hybridized carbons (Fsp3) is 0.600. The lowest BCUT2D eigenvalue weighted by Crippen LogP contribution is -2.46. The van der Waals surface area contributed by atoms with Crippen molar-refractivity contribution in [2.45, 2.75) is 13.3 Å². The lowest BCUT2D eigenvalue weighted by atomic mass is 10.2. The molecule has 1 aromatic carbocycles. The maximum atomic E-state index is 5.55. The first kappa shape index (κ1) is 14.2. The Morgan fingerprint density at radius 2 is 1.79 bits per heavy atom. The summed E-state index contributed by atoms with van der Waals surface area (Å²) in [5.74, 6) is 0.952. The van der Waals surface area contributed by atoms with E-state index >= 15 is 0 Å². The number of nitrogens with two attached hydrogens (primary N) is 1. The van der Waals surface area contributed by atoms with Crippen LogP contribution in [0.25, 0.3) is 0 Å². The van der Waals surface area contributed by atoms with Crippen molar-refractivity contribution in [3.8, 4) is 5.75 Å². The molecule has 0 spiro atoms. The van der Waals surface area contributed by atoms with Gasteiger partial charge in [0.15, 0.2) is 0 Å². The van der Waals surface area contributed by atoms with Crippen LogP contribution in [0.2, 0.25) is 0 Å². The molecule has 19 heavy (non-hydrogen) atoms. The molecule has 1 aliphatic heterocycles. The molecule has 1 saturated heterocycles. The van der Waals surface area contributed by atoms with E-state index in [1.165, 1.54) is 5.69 Å². The summed E-state index contributed by atoms with van der Waals surface area (Å²) in [5, 5.41) is 0. The molecule has 1 heterocycles. The highest BCUT2D eigenvalue weighted by Gasteiger charge is 2.16. The smallest absolute Gasteiger partial charge is 0.119 e. The van der Waals surface area contributed by atoms with Gasteiger partial charge < -0.3 is 15.4 Å². The van der Waals surface area contributed by atoms with E-state index in [1.807, 2.05) is 6.92 Å². The van der Waals surface area contributed by atoms with E-state index in [-0.39, 0.29) is 0 Å². The van der Waals surface area contributed by atoms with Crippen LogP contribution in [0.3, 0.4) is 0 Å². The van der Waals surface area contributed by atoms with Gasteiger partial charge in [0.25, 0.3) is 0 Å². The normalized spacial score (nSPS) is 16.6. The number of benzene rings is 1. The first-order valence-corrected chi connectivity index (χ1v) is 7.23. The molecule has 4 heteroatoms. The zero-order chi connectivity index (χ0) is 13.5. The maximum absolute atomic E-state index is 5.55. The molecular weight excluding hydrogens is 238 g/mol. The quantitative estimate of drug-likeness (QED) is 0.845. The molecule has 0 unspecified atom stereocenters. The number of piperazine rings is 1. The van der Waals surface area contributed by atoms with Gasteiger partial charge in [0.2, 0.25) is 0 Å². The Hall–Kier alpha value is -1.26. The summed E-state index contributed by atoms with van der Waals surface area (Å²) in [6.07, 6.45) is 1.10. The average Bonchev–Trinajstić information content (AvgIpc) is 2.47. The van der Waals surface area contributed by atoms with E-state index in [1.54, 1.807) is 0 Å². The Morgan fingerprint density at radius 1 is 1.11 bits per heavy atom. The third kappa shape index (κ3) is 4.11. The molecule has 0 radical (unpaired) electrons. The lowest BCUT2D eigenvalue weighted by Gasteiger charge is -2.36. The van der Waals surface area contributed by atoms with Crippen LogP contribution < -0.4 is 15.4 Å². The molecule has 1 aliphatic rings. The zero-order valence-corrected chi connectivity index (χ0v) is 11.8.